The van der Waals surface area contributed by atoms with E-state index in [4.69, 9.17) is 4.74 Å². The first-order chi connectivity index (χ1) is 9.52. The third-order valence-electron chi connectivity index (χ3n) is 3.22. The van der Waals surface area contributed by atoms with Crippen LogP contribution in [-0.4, -0.2) is 49.1 Å². The van der Waals surface area contributed by atoms with E-state index in [0.717, 1.165) is 25.5 Å². The molecule has 130 valence electrons. The molecule has 0 radical (unpaired) electrons. The summed E-state index contributed by atoms with van der Waals surface area (Å²) in [4.78, 5) is 18.6. The van der Waals surface area contributed by atoms with Crippen molar-refractivity contribution in [1.82, 2.24) is 10.2 Å². The molecule has 1 aliphatic rings. The quantitative estimate of drug-likeness (QED) is 0.320. The third-order valence-corrected chi connectivity index (χ3v) is 3.22. The predicted octanol–water partition coefficient (Wildman–Crippen LogP) is 2.89. The van der Waals surface area contributed by atoms with Gasteiger partial charge in [0.15, 0.2) is 5.96 Å². The second kappa shape index (κ2) is 8.36. The van der Waals surface area contributed by atoms with Gasteiger partial charge in [0.05, 0.1) is 5.92 Å². The van der Waals surface area contributed by atoms with Gasteiger partial charge in [-0.2, -0.15) is 0 Å². The zero-order valence-corrected chi connectivity index (χ0v) is 17.4. The van der Waals surface area contributed by atoms with Crippen LogP contribution in [0.5, 0.6) is 0 Å². The number of guanidine groups is 1. The Kier molecular flexibility index (Phi) is 8.16. The van der Waals surface area contributed by atoms with Gasteiger partial charge in [0.1, 0.15) is 5.60 Å². The first-order valence-corrected chi connectivity index (χ1v) is 7.70. The van der Waals surface area contributed by atoms with Gasteiger partial charge in [0.2, 0.25) is 0 Å². The summed E-state index contributed by atoms with van der Waals surface area (Å²) in [6.45, 7) is 14.6. The number of nitrogens with one attached hydrogen (secondary N) is 1. The lowest BCUT2D eigenvalue weighted by molar-refractivity contribution is -0.159. The van der Waals surface area contributed by atoms with Crippen LogP contribution in [0.2, 0.25) is 0 Å². The average Bonchev–Trinajstić information content (AvgIpc) is 2.75. The SMILES string of the molecule is CN=C(NCC(C)(C)C)N1CCC(C(=O)OC(C)(C)C)C1.I. The smallest absolute Gasteiger partial charge is 0.311 e. The van der Waals surface area contributed by atoms with E-state index in [-0.39, 0.29) is 41.3 Å². The highest BCUT2D eigenvalue weighted by Gasteiger charge is 2.33. The fourth-order valence-electron chi connectivity index (χ4n) is 2.21. The number of nitrogens with zero attached hydrogens (tertiary/aromatic N) is 2. The van der Waals surface area contributed by atoms with E-state index in [9.17, 15) is 4.79 Å². The molecule has 1 N–H and O–H groups in total. The van der Waals surface area contributed by atoms with Gasteiger partial charge in [-0.25, -0.2) is 0 Å². The van der Waals surface area contributed by atoms with Crippen LogP contribution in [0.3, 0.4) is 0 Å². The molecule has 0 aromatic heterocycles. The molecule has 1 fully saturated rings. The molecule has 22 heavy (non-hydrogen) atoms. The largest absolute Gasteiger partial charge is 0.460 e. The molecule has 0 spiro atoms. The van der Waals surface area contributed by atoms with Gasteiger partial charge >= 0.3 is 5.97 Å². The van der Waals surface area contributed by atoms with Crippen molar-refractivity contribution in [3.8, 4) is 0 Å². The minimum atomic E-state index is -0.420. The molecule has 1 aliphatic heterocycles. The number of carbonyl (C=O) groups excluding carboxylic acids is 1. The van der Waals surface area contributed by atoms with Gasteiger partial charge in [-0.05, 0) is 32.6 Å². The molecular formula is C16H32IN3O2. The van der Waals surface area contributed by atoms with Crippen LogP contribution >= 0.6 is 24.0 Å². The second-order valence-electron chi connectivity index (χ2n) is 7.93. The number of esters is 1. The molecule has 0 saturated carbocycles. The van der Waals surface area contributed by atoms with Gasteiger partial charge in [-0.1, -0.05) is 20.8 Å². The fraction of sp³-hybridized carbons (Fsp3) is 0.875. The van der Waals surface area contributed by atoms with Crippen molar-refractivity contribution >= 4 is 35.9 Å². The van der Waals surface area contributed by atoms with Crippen molar-refractivity contribution in [2.45, 2.75) is 53.6 Å². The Labute approximate surface area is 152 Å². The summed E-state index contributed by atoms with van der Waals surface area (Å²) in [6, 6.07) is 0. The van der Waals surface area contributed by atoms with Crippen molar-refractivity contribution in [2.24, 2.45) is 16.3 Å². The summed E-state index contributed by atoms with van der Waals surface area (Å²) in [7, 11) is 1.78. The lowest BCUT2D eigenvalue weighted by Gasteiger charge is -2.26. The Morgan fingerprint density at radius 2 is 1.86 bits per heavy atom. The van der Waals surface area contributed by atoms with Gasteiger partial charge in [0, 0.05) is 26.7 Å². The van der Waals surface area contributed by atoms with E-state index in [2.05, 4.69) is 36.0 Å². The Balaban J connectivity index is 0.00000441. The summed E-state index contributed by atoms with van der Waals surface area (Å²) >= 11 is 0. The highest BCUT2D eigenvalue weighted by atomic mass is 127. The zero-order valence-electron chi connectivity index (χ0n) is 15.0. The lowest BCUT2D eigenvalue weighted by Crippen LogP contribution is -2.43. The number of rotatable bonds is 2. The maximum atomic E-state index is 12.1. The second-order valence-corrected chi connectivity index (χ2v) is 7.93. The molecule has 0 aromatic rings. The molecule has 1 atom stereocenters. The first-order valence-electron chi connectivity index (χ1n) is 7.70. The average molecular weight is 425 g/mol. The Morgan fingerprint density at radius 3 is 2.32 bits per heavy atom. The van der Waals surface area contributed by atoms with E-state index in [0.29, 0.717) is 6.54 Å². The van der Waals surface area contributed by atoms with E-state index < -0.39 is 5.60 Å². The number of halogens is 1. The number of hydrogen-bond donors (Lipinski definition) is 1. The van der Waals surface area contributed by atoms with E-state index >= 15 is 0 Å². The summed E-state index contributed by atoms with van der Waals surface area (Å²) < 4.78 is 5.47. The minimum absolute atomic E-state index is 0. The molecule has 5 nitrogen and oxygen atoms in total. The van der Waals surface area contributed by atoms with E-state index in [1.165, 1.54) is 0 Å². The maximum absolute atomic E-state index is 12.1. The number of likely N-dealkylation sites (tertiary alicyclic amines) is 1. The van der Waals surface area contributed by atoms with Crippen LogP contribution in [-0.2, 0) is 9.53 Å². The van der Waals surface area contributed by atoms with Gasteiger partial charge in [-0.3, -0.25) is 9.79 Å². The van der Waals surface area contributed by atoms with Crippen LogP contribution in [0, 0.1) is 11.3 Å². The van der Waals surface area contributed by atoms with E-state index in [1.807, 2.05) is 20.8 Å². The summed E-state index contributed by atoms with van der Waals surface area (Å²) in [5.74, 6) is 0.713. The maximum Gasteiger partial charge on any atom is 0.311 e. The highest BCUT2D eigenvalue weighted by molar-refractivity contribution is 14.0. The van der Waals surface area contributed by atoms with Crippen LogP contribution < -0.4 is 5.32 Å². The van der Waals surface area contributed by atoms with E-state index in [1.54, 1.807) is 7.05 Å². The molecule has 0 bridgehead atoms. The van der Waals surface area contributed by atoms with Crippen LogP contribution in [0.25, 0.3) is 0 Å². The molecule has 0 aliphatic carbocycles. The predicted molar refractivity (Wildman–Crippen MR) is 102 cm³/mol. The molecule has 1 unspecified atom stereocenters. The highest BCUT2D eigenvalue weighted by Crippen LogP contribution is 2.21. The summed E-state index contributed by atoms with van der Waals surface area (Å²) in [5, 5.41) is 3.38. The van der Waals surface area contributed by atoms with Crippen LogP contribution in [0.15, 0.2) is 4.99 Å². The topological polar surface area (TPSA) is 53.9 Å². The third kappa shape index (κ3) is 7.65. The van der Waals surface area contributed by atoms with Crippen molar-refractivity contribution in [3.05, 3.63) is 0 Å². The zero-order chi connectivity index (χ0) is 16.3. The first kappa shape index (κ1) is 21.5. The van der Waals surface area contributed by atoms with Crippen molar-refractivity contribution in [2.75, 3.05) is 26.7 Å². The van der Waals surface area contributed by atoms with Crippen molar-refractivity contribution in [1.29, 1.82) is 0 Å². The monoisotopic (exact) mass is 425 g/mol. The minimum Gasteiger partial charge on any atom is -0.460 e. The molecule has 0 aromatic carbocycles. The molecule has 1 heterocycles. The van der Waals surface area contributed by atoms with Gasteiger partial charge < -0.3 is 15.0 Å². The van der Waals surface area contributed by atoms with Crippen molar-refractivity contribution in [3.63, 3.8) is 0 Å². The van der Waals surface area contributed by atoms with Crippen LogP contribution in [0.1, 0.15) is 48.0 Å². The summed E-state index contributed by atoms with van der Waals surface area (Å²) in [6.07, 6.45) is 0.825. The standard InChI is InChI=1S/C16H31N3O2.HI/c1-15(2,3)11-18-14(17-7)19-9-8-12(10-19)13(20)21-16(4,5)6;/h12H,8-11H2,1-7H3,(H,17,18);1H. The van der Waals surface area contributed by atoms with Crippen LogP contribution in [0.4, 0.5) is 0 Å². The Bertz CT molecular complexity index is 397. The normalized spacial score (nSPS) is 19.7. The number of aliphatic imine (C=N–C) groups is 1. The Hall–Kier alpha value is -0.530. The summed E-state index contributed by atoms with van der Waals surface area (Å²) in [5.41, 5.74) is -0.225. The van der Waals surface area contributed by atoms with Crippen molar-refractivity contribution < 1.29 is 9.53 Å². The van der Waals surface area contributed by atoms with Gasteiger partial charge in [-0.15, -0.1) is 24.0 Å². The molecule has 0 amide bonds. The lowest BCUT2D eigenvalue weighted by atomic mass is 9.97. The molecule has 6 heteroatoms. The number of hydrogen-bond acceptors (Lipinski definition) is 3. The fourth-order valence-corrected chi connectivity index (χ4v) is 2.21. The Morgan fingerprint density at radius 1 is 1.27 bits per heavy atom. The number of carbonyl (C=O) groups is 1. The molecule has 1 rings (SSSR count). The molecular weight excluding hydrogens is 393 g/mol. The van der Waals surface area contributed by atoms with Gasteiger partial charge in [0.25, 0.3) is 0 Å². The molecule has 1 saturated heterocycles. The number of ether oxygens (including phenoxy) is 1.